The van der Waals surface area contributed by atoms with E-state index in [9.17, 15) is 13.2 Å². The number of furan rings is 1. The molecule has 2 heterocycles. The van der Waals surface area contributed by atoms with Crippen LogP contribution in [0.3, 0.4) is 0 Å². The molecule has 1 fully saturated rings. The van der Waals surface area contributed by atoms with Crippen LogP contribution in [0, 0.1) is 5.92 Å². The third-order valence-corrected chi connectivity index (χ3v) is 6.96. The molecular formula is C23H32N2O5S. The monoisotopic (exact) mass is 448 g/mol. The predicted octanol–water partition coefficient (Wildman–Crippen LogP) is 3.28. The fraction of sp³-hybridized carbons (Fsp3) is 0.522. The van der Waals surface area contributed by atoms with Gasteiger partial charge in [0.05, 0.1) is 31.2 Å². The van der Waals surface area contributed by atoms with E-state index in [-0.39, 0.29) is 36.8 Å². The minimum Gasteiger partial charge on any atom is -0.467 e. The maximum absolute atomic E-state index is 13.3. The van der Waals surface area contributed by atoms with Crippen molar-refractivity contribution in [2.75, 3.05) is 26.2 Å². The zero-order valence-electron chi connectivity index (χ0n) is 18.3. The Labute approximate surface area is 185 Å². The summed E-state index contributed by atoms with van der Waals surface area (Å²) in [6, 6.07) is 12.6. The Bertz CT molecular complexity index is 907. The number of hydrogen-bond acceptors (Lipinski definition) is 5. The van der Waals surface area contributed by atoms with E-state index in [1.54, 1.807) is 29.4 Å². The summed E-state index contributed by atoms with van der Waals surface area (Å²) >= 11 is 0. The number of sulfonamides is 1. The molecule has 0 spiro atoms. The van der Waals surface area contributed by atoms with E-state index in [1.807, 2.05) is 38.1 Å². The average Bonchev–Trinajstić information content (AvgIpc) is 3.41. The number of nitrogens with zero attached hydrogens (tertiary/aromatic N) is 2. The van der Waals surface area contributed by atoms with Crippen LogP contribution in [0.1, 0.15) is 38.0 Å². The smallest absolute Gasteiger partial charge is 0.238 e. The third kappa shape index (κ3) is 7.19. The predicted molar refractivity (Wildman–Crippen MR) is 119 cm³/mol. The summed E-state index contributed by atoms with van der Waals surface area (Å²) in [5.74, 6) is 0.380. The summed E-state index contributed by atoms with van der Waals surface area (Å²) in [4.78, 5) is 14.9. The molecule has 7 nitrogen and oxygen atoms in total. The molecule has 1 aromatic carbocycles. The fourth-order valence-corrected chi connectivity index (χ4v) is 5.32. The summed E-state index contributed by atoms with van der Waals surface area (Å²) < 4.78 is 38.8. The summed E-state index contributed by atoms with van der Waals surface area (Å²) in [6.45, 7) is 5.40. The molecular weight excluding hydrogens is 416 g/mol. The topological polar surface area (TPSA) is 80.1 Å². The van der Waals surface area contributed by atoms with Gasteiger partial charge in [-0.1, -0.05) is 44.2 Å². The van der Waals surface area contributed by atoms with Crippen LogP contribution >= 0.6 is 0 Å². The molecule has 170 valence electrons. The van der Waals surface area contributed by atoms with Crippen LogP contribution in [0.4, 0.5) is 0 Å². The maximum Gasteiger partial charge on any atom is 0.238 e. The molecule has 0 saturated carbocycles. The molecule has 0 radical (unpaired) electrons. The number of rotatable bonds is 11. The highest BCUT2D eigenvalue weighted by atomic mass is 32.2. The number of carbonyl (C=O) groups excluding carboxylic acids is 1. The Hall–Kier alpha value is -2.16. The standard InChI is InChI=1S/C23H32N2O5S/c1-19(2)14-25(31(27,28)18-20-8-4-3-5-9-20)17-23(26)24(15-21-10-6-12-29-21)16-22-11-7-13-30-22/h3-6,8-10,12,19,22H,7,11,13-18H2,1-2H3/t22-/m1/s1. The van der Waals surface area contributed by atoms with Gasteiger partial charge >= 0.3 is 0 Å². The first-order valence-electron chi connectivity index (χ1n) is 10.8. The van der Waals surface area contributed by atoms with Crippen LogP contribution in [0.15, 0.2) is 53.1 Å². The van der Waals surface area contributed by atoms with E-state index in [0.29, 0.717) is 31.0 Å². The summed E-state index contributed by atoms with van der Waals surface area (Å²) in [6.07, 6.45) is 3.40. The molecule has 0 bridgehead atoms. The van der Waals surface area contributed by atoms with E-state index in [0.717, 1.165) is 12.8 Å². The fourth-order valence-electron chi connectivity index (χ4n) is 3.69. The highest BCUT2D eigenvalue weighted by Crippen LogP contribution is 2.18. The normalized spacial score (nSPS) is 16.8. The molecule has 1 saturated heterocycles. The van der Waals surface area contributed by atoms with Gasteiger partial charge in [0.1, 0.15) is 5.76 Å². The van der Waals surface area contributed by atoms with Crippen molar-refractivity contribution in [2.45, 2.75) is 45.1 Å². The minimum absolute atomic E-state index is 0.0293. The molecule has 1 amide bonds. The Morgan fingerprint density at radius 3 is 2.55 bits per heavy atom. The molecule has 0 unspecified atom stereocenters. The first-order valence-corrected chi connectivity index (χ1v) is 12.4. The van der Waals surface area contributed by atoms with E-state index in [4.69, 9.17) is 9.15 Å². The number of ether oxygens (including phenoxy) is 1. The van der Waals surface area contributed by atoms with Crippen molar-refractivity contribution in [1.29, 1.82) is 0 Å². The second kappa shape index (κ2) is 10.9. The van der Waals surface area contributed by atoms with E-state index in [1.165, 1.54) is 4.31 Å². The first kappa shape index (κ1) is 23.5. The highest BCUT2D eigenvalue weighted by Gasteiger charge is 2.30. The molecule has 1 aliphatic rings. The van der Waals surface area contributed by atoms with Crippen molar-refractivity contribution >= 4 is 15.9 Å². The van der Waals surface area contributed by atoms with Gasteiger partial charge in [-0.05, 0) is 36.5 Å². The van der Waals surface area contributed by atoms with Crippen LogP contribution in [0.25, 0.3) is 0 Å². The molecule has 3 rings (SSSR count). The lowest BCUT2D eigenvalue weighted by molar-refractivity contribution is -0.134. The Morgan fingerprint density at radius 1 is 1.16 bits per heavy atom. The van der Waals surface area contributed by atoms with Gasteiger partial charge < -0.3 is 14.1 Å². The quantitative estimate of drug-likeness (QED) is 0.527. The zero-order valence-corrected chi connectivity index (χ0v) is 19.1. The number of amides is 1. The van der Waals surface area contributed by atoms with E-state index >= 15 is 0 Å². The average molecular weight is 449 g/mol. The maximum atomic E-state index is 13.3. The molecule has 1 atom stereocenters. The van der Waals surface area contributed by atoms with Crippen molar-refractivity contribution in [2.24, 2.45) is 5.92 Å². The van der Waals surface area contributed by atoms with Crippen molar-refractivity contribution in [1.82, 2.24) is 9.21 Å². The molecule has 0 N–H and O–H groups in total. The van der Waals surface area contributed by atoms with Gasteiger partial charge in [0.25, 0.3) is 0 Å². The van der Waals surface area contributed by atoms with E-state index in [2.05, 4.69) is 0 Å². The van der Waals surface area contributed by atoms with Crippen LogP contribution in [0.2, 0.25) is 0 Å². The lowest BCUT2D eigenvalue weighted by Gasteiger charge is -2.29. The Balaban J connectivity index is 1.75. The molecule has 31 heavy (non-hydrogen) atoms. The van der Waals surface area contributed by atoms with Crippen LogP contribution < -0.4 is 0 Å². The first-order chi connectivity index (χ1) is 14.8. The van der Waals surface area contributed by atoms with Crippen LogP contribution in [0.5, 0.6) is 0 Å². The van der Waals surface area contributed by atoms with Gasteiger partial charge in [0.2, 0.25) is 15.9 Å². The van der Waals surface area contributed by atoms with Gasteiger partial charge in [0.15, 0.2) is 0 Å². The van der Waals surface area contributed by atoms with Crippen molar-refractivity contribution in [3.8, 4) is 0 Å². The largest absolute Gasteiger partial charge is 0.467 e. The number of benzene rings is 1. The molecule has 0 aliphatic carbocycles. The van der Waals surface area contributed by atoms with Crippen molar-refractivity contribution in [3.63, 3.8) is 0 Å². The Morgan fingerprint density at radius 2 is 1.94 bits per heavy atom. The molecule has 1 aliphatic heterocycles. The van der Waals surface area contributed by atoms with Crippen molar-refractivity contribution < 1.29 is 22.4 Å². The second-order valence-electron chi connectivity index (χ2n) is 8.42. The molecule has 8 heteroatoms. The van der Waals surface area contributed by atoms with Gasteiger partial charge in [-0.25, -0.2) is 8.42 Å². The zero-order chi connectivity index (χ0) is 22.3. The number of carbonyl (C=O) groups is 1. The van der Waals surface area contributed by atoms with Crippen molar-refractivity contribution in [3.05, 3.63) is 60.1 Å². The van der Waals surface area contributed by atoms with Crippen LogP contribution in [-0.4, -0.2) is 55.9 Å². The highest BCUT2D eigenvalue weighted by molar-refractivity contribution is 7.88. The SMILES string of the molecule is CC(C)CN(CC(=O)N(Cc1ccco1)C[C@H]1CCCO1)S(=O)(=O)Cc1ccccc1. The van der Waals surface area contributed by atoms with Gasteiger partial charge in [-0.2, -0.15) is 4.31 Å². The molecule has 2 aromatic rings. The van der Waals surface area contributed by atoms with Gasteiger partial charge in [-0.15, -0.1) is 0 Å². The van der Waals surface area contributed by atoms with Crippen LogP contribution in [-0.2, 0) is 31.9 Å². The second-order valence-corrected chi connectivity index (χ2v) is 10.4. The Kier molecular flexibility index (Phi) is 8.28. The summed E-state index contributed by atoms with van der Waals surface area (Å²) in [5, 5.41) is 0. The van der Waals surface area contributed by atoms with Gasteiger partial charge in [-0.3, -0.25) is 4.79 Å². The number of hydrogen-bond donors (Lipinski definition) is 0. The van der Waals surface area contributed by atoms with Gasteiger partial charge in [0, 0.05) is 19.7 Å². The summed E-state index contributed by atoms with van der Waals surface area (Å²) in [7, 11) is -3.66. The lowest BCUT2D eigenvalue weighted by atomic mass is 10.2. The molecule has 1 aromatic heterocycles. The van der Waals surface area contributed by atoms with E-state index < -0.39 is 10.0 Å². The summed E-state index contributed by atoms with van der Waals surface area (Å²) in [5.41, 5.74) is 0.704. The minimum atomic E-state index is -3.66. The third-order valence-electron chi connectivity index (χ3n) is 5.19. The lowest BCUT2D eigenvalue weighted by Crippen LogP contribution is -2.46.